The number of hydrogen-bond donors (Lipinski definition) is 4. The second-order valence-electron chi connectivity index (χ2n) is 5.64. The summed E-state index contributed by atoms with van der Waals surface area (Å²) in [5, 5.41) is 0. The van der Waals surface area contributed by atoms with Gasteiger partial charge in [-0.05, 0) is 31.0 Å². The summed E-state index contributed by atoms with van der Waals surface area (Å²) in [5.41, 5.74) is 10.6. The third-order valence-electron chi connectivity index (χ3n) is 4.04. The lowest BCUT2D eigenvalue weighted by Crippen LogP contribution is -2.46. The van der Waals surface area contributed by atoms with E-state index in [9.17, 15) is 25.9 Å². The number of nitrogen functional groups attached to an aromatic ring is 2. The molecule has 2 aromatic carbocycles. The van der Waals surface area contributed by atoms with Crippen LogP contribution in [0, 0.1) is 13.8 Å². The van der Waals surface area contributed by atoms with Crippen molar-refractivity contribution >= 4 is 31.6 Å². The number of nitrogens with two attached hydrogens (primary N) is 2. The Morgan fingerprint density at radius 2 is 1.36 bits per heavy atom. The van der Waals surface area contributed by atoms with Crippen LogP contribution in [0.2, 0.25) is 0 Å². The van der Waals surface area contributed by atoms with Crippen LogP contribution in [0.15, 0.2) is 36.4 Å². The van der Waals surface area contributed by atoms with E-state index in [-0.39, 0.29) is 28.1 Å². The molecule has 0 radical (unpaired) electrons. The average Bonchev–Trinajstić information content (AvgIpc) is 2.46. The second kappa shape index (κ2) is 5.99. The lowest BCUT2D eigenvalue weighted by molar-refractivity contribution is 0.437. The molecule has 6 N–H and O–H groups in total. The first-order valence-corrected chi connectivity index (χ1v) is 9.89. The van der Waals surface area contributed by atoms with E-state index in [1.165, 1.54) is 44.2 Å². The summed E-state index contributed by atoms with van der Waals surface area (Å²) in [6, 6.07) is 8.27. The molecule has 0 aliphatic rings. The van der Waals surface area contributed by atoms with E-state index in [1.807, 2.05) is 0 Å². The summed E-state index contributed by atoms with van der Waals surface area (Å²) >= 11 is 0. The Hall–Kier alpha value is -2.14. The van der Waals surface area contributed by atoms with Crippen molar-refractivity contribution in [3.05, 3.63) is 58.7 Å². The molecule has 0 aromatic heterocycles. The van der Waals surface area contributed by atoms with Gasteiger partial charge in [-0.15, -0.1) is 0 Å². The van der Waals surface area contributed by atoms with Crippen molar-refractivity contribution in [2.75, 3.05) is 11.5 Å². The molecule has 0 saturated carbocycles. The first-order chi connectivity index (χ1) is 11.4. The highest BCUT2D eigenvalue weighted by molar-refractivity contribution is 8.04. The van der Waals surface area contributed by atoms with E-state index in [0.717, 1.165) is 0 Å². The molecule has 0 aliphatic heterocycles. The SMILES string of the molecule is Cc1ccccc1C(c1c(C)ccc(N)c1N)(S(=O)(=O)O)S(=O)(=O)O. The van der Waals surface area contributed by atoms with Crippen LogP contribution in [-0.2, 0) is 24.3 Å². The molecular formula is C15H18N2O6S2. The van der Waals surface area contributed by atoms with Gasteiger partial charge in [-0.3, -0.25) is 9.11 Å². The van der Waals surface area contributed by atoms with Gasteiger partial charge in [0, 0.05) is 11.1 Å². The summed E-state index contributed by atoms with van der Waals surface area (Å²) in [4.78, 5) is 0. The Bertz CT molecular complexity index is 1010. The zero-order valence-corrected chi connectivity index (χ0v) is 15.1. The van der Waals surface area contributed by atoms with Crippen molar-refractivity contribution in [3.8, 4) is 0 Å². The Balaban J connectivity index is 3.26. The quantitative estimate of drug-likeness (QED) is 0.453. The highest BCUT2D eigenvalue weighted by atomic mass is 32.3. The second-order valence-corrected chi connectivity index (χ2v) is 9.03. The topological polar surface area (TPSA) is 161 Å². The van der Waals surface area contributed by atoms with Crippen LogP contribution in [-0.4, -0.2) is 25.9 Å². The largest absolute Gasteiger partial charge is 0.397 e. The molecule has 0 fully saturated rings. The summed E-state index contributed by atoms with van der Waals surface area (Å²) in [6.07, 6.45) is 0. The fourth-order valence-corrected chi connectivity index (χ4v) is 6.06. The van der Waals surface area contributed by atoms with Crippen molar-refractivity contribution in [3.63, 3.8) is 0 Å². The zero-order chi connectivity index (χ0) is 19.2. The molecule has 0 unspecified atom stereocenters. The Kier molecular flexibility index (Phi) is 4.60. The normalized spacial score (nSPS) is 13.0. The molecule has 0 heterocycles. The highest BCUT2D eigenvalue weighted by Gasteiger charge is 2.60. The molecular weight excluding hydrogens is 368 g/mol. The van der Waals surface area contributed by atoms with Crippen LogP contribution >= 0.6 is 0 Å². The van der Waals surface area contributed by atoms with Gasteiger partial charge in [-0.2, -0.15) is 16.8 Å². The standard InChI is InChI=1S/C15H18N2O6S2/c1-9-5-3-4-6-11(9)15(24(18,19)20,25(21,22)23)13-10(2)7-8-12(16)14(13)17/h3-8H,16-17H2,1-2H3,(H,18,19,20)(H,21,22,23). The first kappa shape index (κ1) is 19.2. The minimum absolute atomic E-state index is 0.0918. The van der Waals surface area contributed by atoms with Crippen molar-refractivity contribution in [1.82, 2.24) is 0 Å². The van der Waals surface area contributed by atoms with Crippen molar-refractivity contribution in [2.24, 2.45) is 0 Å². The molecule has 10 heteroatoms. The summed E-state index contributed by atoms with van der Waals surface area (Å²) in [7, 11) is -10.9. The number of hydrogen-bond acceptors (Lipinski definition) is 6. The van der Waals surface area contributed by atoms with E-state index in [0.29, 0.717) is 0 Å². The first-order valence-electron chi connectivity index (χ1n) is 7.01. The molecule has 0 saturated heterocycles. The molecule has 0 bridgehead atoms. The third kappa shape index (κ3) is 2.76. The van der Waals surface area contributed by atoms with Crippen LogP contribution < -0.4 is 11.5 Å². The van der Waals surface area contributed by atoms with Gasteiger partial charge in [0.25, 0.3) is 24.3 Å². The maximum atomic E-state index is 12.4. The van der Waals surface area contributed by atoms with Crippen LogP contribution in [0.25, 0.3) is 0 Å². The van der Waals surface area contributed by atoms with Crippen molar-refractivity contribution in [1.29, 1.82) is 0 Å². The Morgan fingerprint density at radius 3 is 1.84 bits per heavy atom. The lowest BCUT2D eigenvalue weighted by Gasteiger charge is -2.32. The summed E-state index contributed by atoms with van der Waals surface area (Å²) < 4.78 is 66.3. The molecule has 0 aliphatic carbocycles. The zero-order valence-electron chi connectivity index (χ0n) is 13.5. The van der Waals surface area contributed by atoms with Gasteiger partial charge in [-0.25, -0.2) is 0 Å². The average molecular weight is 386 g/mol. The lowest BCUT2D eigenvalue weighted by atomic mass is 9.94. The van der Waals surface area contributed by atoms with Gasteiger partial charge in [-0.1, -0.05) is 30.3 Å². The van der Waals surface area contributed by atoms with Gasteiger partial charge in [0.05, 0.1) is 11.4 Å². The van der Waals surface area contributed by atoms with Gasteiger partial charge < -0.3 is 11.5 Å². The summed E-state index contributed by atoms with van der Waals surface area (Å²) in [6.45, 7) is 2.84. The number of rotatable bonds is 4. The number of benzene rings is 2. The number of aryl methyl sites for hydroxylation is 2. The van der Waals surface area contributed by atoms with E-state index in [4.69, 9.17) is 11.5 Å². The smallest absolute Gasteiger partial charge is 0.296 e. The van der Waals surface area contributed by atoms with E-state index in [2.05, 4.69) is 0 Å². The van der Waals surface area contributed by atoms with Crippen molar-refractivity contribution in [2.45, 2.75) is 17.9 Å². The maximum Gasteiger partial charge on any atom is 0.296 e. The van der Waals surface area contributed by atoms with Crippen LogP contribution in [0.5, 0.6) is 0 Å². The molecule has 2 rings (SSSR count). The molecule has 2 aromatic rings. The van der Waals surface area contributed by atoms with Gasteiger partial charge in [0.1, 0.15) is 0 Å². The molecule has 0 spiro atoms. The molecule has 8 nitrogen and oxygen atoms in total. The van der Waals surface area contributed by atoms with E-state index in [1.54, 1.807) is 6.07 Å². The molecule has 0 atom stereocenters. The van der Waals surface area contributed by atoms with Crippen LogP contribution in [0.3, 0.4) is 0 Å². The Labute approximate surface area is 146 Å². The minimum Gasteiger partial charge on any atom is -0.397 e. The highest BCUT2D eigenvalue weighted by Crippen LogP contribution is 2.48. The summed E-state index contributed by atoms with van der Waals surface area (Å²) in [5.74, 6) is 0. The predicted molar refractivity (Wildman–Crippen MR) is 95.1 cm³/mol. The fourth-order valence-electron chi connectivity index (χ4n) is 2.93. The number of anilines is 2. The third-order valence-corrected chi connectivity index (χ3v) is 7.61. The Morgan fingerprint density at radius 1 is 0.840 bits per heavy atom. The van der Waals surface area contributed by atoms with Gasteiger partial charge >= 0.3 is 0 Å². The van der Waals surface area contributed by atoms with E-state index < -0.39 is 29.9 Å². The van der Waals surface area contributed by atoms with Gasteiger partial charge in [0.15, 0.2) is 0 Å². The molecule has 0 amide bonds. The predicted octanol–water partition coefficient (Wildman–Crippen LogP) is 1.44. The van der Waals surface area contributed by atoms with E-state index >= 15 is 0 Å². The maximum absolute atomic E-state index is 12.4. The van der Waals surface area contributed by atoms with Crippen LogP contribution in [0.1, 0.15) is 22.3 Å². The molecule has 25 heavy (non-hydrogen) atoms. The fraction of sp³-hybridized carbons (Fsp3) is 0.200. The minimum atomic E-state index is -5.45. The van der Waals surface area contributed by atoms with Gasteiger partial charge in [0.2, 0.25) is 0 Å². The molecule has 136 valence electrons. The monoisotopic (exact) mass is 386 g/mol. The van der Waals surface area contributed by atoms with Crippen LogP contribution in [0.4, 0.5) is 11.4 Å². The van der Waals surface area contributed by atoms with Crippen molar-refractivity contribution < 1.29 is 25.9 Å².